The summed E-state index contributed by atoms with van der Waals surface area (Å²) < 4.78 is 0. The number of carbonyl (C=O) groups excluding carboxylic acids is 4. The van der Waals surface area contributed by atoms with Crippen LogP contribution in [0.25, 0.3) is 0 Å². The number of hydrogen-bond acceptors (Lipinski definition) is 6. The quantitative estimate of drug-likeness (QED) is 0.324. The highest BCUT2D eigenvalue weighted by Gasteiger charge is 2.28. The van der Waals surface area contributed by atoms with Gasteiger partial charge in [-0.1, -0.05) is 38.2 Å². The summed E-state index contributed by atoms with van der Waals surface area (Å²) in [5.41, 5.74) is 13.2. The summed E-state index contributed by atoms with van der Waals surface area (Å²) in [6.45, 7) is 0. The zero-order valence-electron chi connectivity index (χ0n) is 20.5. The van der Waals surface area contributed by atoms with E-state index in [4.69, 9.17) is 11.5 Å². The zero-order valence-corrected chi connectivity index (χ0v) is 20.5. The minimum Gasteiger partial charge on any atom is -0.398 e. The van der Waals surface area contributed by atoms with E-state index in [2.05, 4.69) is 10.3 Å². The highest BCUT2D eigenvalue weighted by molar-refractivity contribution is 6.04. The van der Waals surface area contributed by atoms with Crippen LogP contribution in [0.5, 0.6) is 0 Å². The average Bonchev–Trinajstić information content (AvgIpc) is 3.68. The molecule has 2 fully saturated rings. The highest BCUT2D eigenvalue weighted by atomic mass is 16.2. The van der Waals surface area contributed by atoms with Crippen LogP contribution in [0.4, 0.5) is 5.69 Å². The van der Waals surface area contributed by atoms with Crippen LogP contribution >= 0.6 is 0 Å². The number of nitrogens with one attached hydrogen (secondary N) is 1. The van der Waals surface area contributed by atoms with Crippen LogP contribution in [0.2, 0.25) is 0 Å². The number of nitrogens with zero attached hydrogens (tertiary/aromatic N) is 1. The Labute approximate surface area is 211 Å². The first kappa shape index (κ1) is 25.5. The SMILES string of the molecule is NC(=O)c1ccc(CC(=O)C(CC2CCCCC2)NC(=O)c2ccc(C(=O)CC3CC3)cc2N)nc1. The number of Topliss-reactive ketones (excluding diaryl/α,β-unsaturated/α-hetero) is 2. The monoisotopic (exact) mass is 490 g/mol. The molecule has 2 aliphatic carbocycles. The van der Waals surface area contributed by atoms with Crippen LogP contribution in [-0.2, 0) is 11.2 Å². The third kappa shape index (κ3) is 6.77. The minimum atomic E-state index is -0.686. The molecule has 0 bridgehead atoms. The maximum atomic E-state index is 13.3. The van der Waals surface area contributed by atoms with E-state index >= 15 is 0 Å². The maximum Gasteiger partial charge on any atom is 0.253 e. The summed E-state index contributed by atoms with van der Waals surface area (Å²) in [6, 6.07) is 7.22. The largest absolute Gasteiger partial charge is 0.398 e. The average molecular weight is 491 g/mol. The Balaban J connectivity index is 1.46. The van der Waals surface area contributed by atoms with Gasteiger partial charge in [0.05, 0.1) is 23.6 Å². The molecule has 0 aliphatic heterocycles. The maximum absolute atomic E-state index is 13.3. The van der Waals surface area contributed by atoms with Crippen molar-refractivity contribution in [3.63, 3.8) is 0 Å². The lowest BCUT2D eigenvalue weighted by Crippen LogP contribution is -2.43. The molecule has 0 radical (unpaired) electrons. The normalized spacial score (nSPS) is 16.8. The van der Waals surface area contributed by atoms with Crippen molar-refractivity contribution in [3.05, 3.63) is 58.9 Å². The Hall–Kier alpha value is -3.55. The number of ketones is 2. The Morgan fingerprint density at radius 3 is 2.28 bits per heavy atom. The molecule has 5 N–H and O–H groups in total. The molecule has 36 heavy (non-hydrogen) atoms. The predicted octanol–water partition coefficient (Wildman–Crippen LogP) is 3.63. The van der Waals surface area contributed by atoms with Gasteiger partial charge in [0.1, 0.15) is 0 Å². The number of amides is 2. The lowest BCUT2D eigenvalue weighted by molar-refractivity contribution is -0.120. The van der Waals surface area contributed by atoms with Crippen molar-refractivity contribution in [2.75, 3.05) is 5.73 Å². The van der Waals surface area contributed by atoms with E-state index in [0.717, 1.165) is 38.5 Å². The molecule has 2 saturated carbocycles. The van der Waals surface area contributed by atoms with Gasteiger partial charge in [-0.2, -0.15) is 0 Å². The zero-order chi connectivity index (χ0) is 25.7. The van der Waals surface area contributed by atoms with Crippen molar-refractivity contribution in [3.8, 4) is 0 Å². The van der Waals surface area contributed by atoms with Gasteiger partial charge >= 0.3 is 0 Å². The molecular formula is C28H34N4O4. The third-order valence-corrected chi connectivity index (χ3v) is 7.24. The van der Waals surface area contributed by atoms with Gasteiger partial charge in [0.25, 0.3) is 5.91 Å². The summed E-state index contributed by atoms with van der Waals surface area (Å²) in [5, 5.41) is 2.91. The van der Waals surface area contributed by atoms with Crippen molar-refractivity contribution in [2.45, 2.75) is 70.3 Å². The van der Waals surface area contributed by atoms with Gasteiger partial charge in [-0.25, -0.2) is 0 Å². The number of carbonyl (C=O) groups is 4. The van der Waals surface area contributed by atoms with Crippen LogP contribution in [0, 0.1) is 11.8 Å². The van der Waals surface area contributed by atoms with Crippen LogP contribution < -0.4 is 16.8 Å². The fourth-order valence-electron chi connectivity index (χ4n) is 4.88. The Bertz CT molecular complexity index is 1130. The molecule has 2 aromatic rings. The van der Waals surface area contributed by atoms with E-state index < -0.39 is 17.9 Å². The van der Waals surface area contributed by atoms with Gasteiger partial charge in [-0.05, 0) is 55.4 Å². The van der Waals surface area contributed by atoms with Crippen LogP contribution in [0.1, 0.15) is 94.6 Å². The van der Waals surface area contributed by atoms with E-state index in [0.29, 0.717) is 35.9 Å². The molecule has 0 saturated heterocycles. The Kier molecular flexibility index (Phi) is 8.13. The third-order valence-electron chi connectivity index (χ3n) is 7.24. The molecule has 0 spiro atoms. The van der Waals surface area contributed by atoms with E-state index in [9.17, 15) is 19.2 Å². The Morgan fingerprint density at radius 2 is 1.67 bits per heavy atom. The predicted molar refractivity (Wildman–Crippen MR) is 136 cm³/mol. The van der Waals surface area contributed by atoms with Crippen molar-refractivity contribution in [2.24, 2.45) is 17.6 Å². The molecule has 2 amide bonds. The molecule has 190 valence electrons. The lowest BCUT2D eigenvalue weighted by Gasteiger charge is -2.26. The van der Waals surface area contributed by atoms with E-state index in [1.165, 1.54) is 12.6 Å². The lowest BCUT2D eigenvalue weighted by atomic mass is 9.83. The second-order valence-corrected chi connectivity index (χ2v) is 10.2. The second-order valence-electron chi connectivity index (χ2n) is 10.2. The number of pyridine rings is 1. The van der Waals surface area contributed by atoms with Crippen molar-refractivity contribution in [1.29, 1.82) is 0 Å². The van der Waals surface area contributed by atoms with Gasteiger partial charge in [0.15, 0.2) is 11.6 Å². The second kappa shape index (κ2) is 11.5. The molecule has 1 atom stereocenters. The van der Waals surface area contributed by atoms with Crippen LogP contribution in [0.3, 0.4) is 0 Å². The van der Waals surface area contributed by atoms with Crippen molar-refractivity contribution in [1.82, 2.24) is 10.3 Å². The minimum absolute atomic E-state index is 0.0286. The fourth-order valence-corrected chi connectivity index (χ4v) is 4.88. The summed E-state index contributed by atoms with van der Waals surface area (Å²) in [7, 11) is 0. The van der Waals surface area contributed by atoms with E-state index in [1.54, 1.807) is 30.3 Å². The number of rotatable bonds is 11. The summed E-state index contributed by atoms with van der Waals surface area (Å²) in [4.78, 5) is 54.4. The molecular weight excluding hydrogens is 456 g/mol. The van der Waals surface area contributed by atoms with Gasteiger partial charge < -0.3 is 16.8 Å². The molecule has 1 aromatic heterocycles. The number of benzene rings is 1. The summed E-state index contributed by atoms with van der Waals surface area (Å²) >= 11 is 0. The summed E-state index contributed by atoms with van der Waals surface area (Å²) in [6.07, 6.45) is 10.1. The Morgan fingerprint density at radius 1 is 0.944 bits per heavy atom. The number of anilines is 1. The van der Waals surface area contributed by atoms with Crippen LogP contribution in [0.15, 0.2) is 36.5 Å². The molecule has 2 aliphatic rings. The first-order chi connectivity index (χ1) is 17.3. The number of hydrogen-bond donors (Lipinski definition) is 3. The van der Waals surface area contributed by atoms with Crippen molar-refractivity contribution >= 4 is 29.1 Å². The number of primary amides is 1. The van der Waals surface area contributed by atoms with Gasteiger partial charge in [-0.15, -0.1) is 0 Å². The number of aromatic nitrogens is 1. The number of nitrogens with two attached hydrogens (primary N) is 2. The first-order valence-corrected chi connectivity index (χ1v) is 12.8. The van der Waals surface area contributed by atoms with Crippen molar-refractivity contribution < 1.29 is 19.2 Å². The fraction of sp³-hybridized carbons (Fsp3) is 0.464. The molecule has 4 rings (SSSR count). The topological polar surface area (TPSA) is 145 Å². The molecule has 1 unspecified atom stereocenters. The smallest absolute Gasteiger partial charge is 0.253 e. The first-order valence-electron chi connectivity index (χ1n) is 12.8. The van der Waals surface area contributed by atoms with Gasteiger partial charge in [0, 0.05) is 29.6 Å². The van der Waals surface area contributed by atoms with Gasteiger partial charge in [0.2, 0.25) is 5.91 Å². The van der Waals surface area contributed by atoms with E-state index in [1.807, 2.05) is 0 Å². The standard InChI is InChI=1S/C28H34N4O4/c29-23-14-19(25(33)13-18-6-7-18)9-11-22(23)28(36)32-24(12-17-4-2-1-3-5-17)26(34)15-21-10-8-20(16-31-21)27(30)35/h8-11,14,16-18,24H,1-7,12-13,15,29H2,(H2,30,35)(H,32,36). The molecule has 1 heterocycles. The number of nitrogen functional groups attached to an aromatic ring is 1. The summed E-state index contributed by atoms with van der Waals surface area (Å²) in [5.74, 6) is -0.298. The van der Waals surface area contributed by atoms with Crippen LogP contribution in [-0.4, -0.2) is 34.4 Å². The highest BCUT2D eigenvalue weighted by Crippen LogP contribution is 2.34. The van der Waals surface area contributed by atoms with E-state index in [-0.39, 0.29) is 34.8 Å². The molecule has 8 heteroatoms. The molecule has 8 nitrogen and oxygen atoms in total. The van der Waals surface area contributed by atoms with Gasteiger partial charge in [-0.3, -0.25) is 24.2 Å². The molecule has 1 aromatic carbocycles.